The highest BCUT2D eigenvalue weighted by Gasteiger charge is 2.17. The van der Waals surface area contributed by atoms with Gasteiger partial charge in [0.1, 0.15) is 12.1 Å². The van der Waals surface area contributed by atoms with Crippen LogP contribution in [0.25, 0.3) is 0 Å². The van der Waals surface area contributed by atoms with Gasteiger partial charge in [-0.3, -0.25) is 4.79 Å². The number of nitrogens with one attached hydrogen (secondary N) is 2. The first-order valence-corrected chi connectivity index (χ1v) is 6.23. The summed E-state index contributed by atoms with van der Waals surface area (Å²) in [5.41, 5.74) is 3.04. The second-order valence-electron chi connectivity index (χ2n) is 4.42. The van der Waals surface area contributed by atoms with Crippen LogP contribution in [0.15, 0.2) is 36.8 Å². The van der Waals surface area contributed by atoms with Crippen LogP contribution in [0.2, 0.25) is 0 Å². The molecule has 3 rings (SSSR count). The maximum atomic E-state index is 12.3. The van der Waals surface area contributed by atoms with E-state index in [1.54, 1.807) is 12.3 Å². The molecule has 0 saturated heterocycles. The van der Waals surface area contributed by atoms with Crippen molar-refractivity contribution in [2.45, 2.75) is 13.0 Å². The number of anilines is 1. The van der Waals surface area contributed by atoms with Crippen LogP contribution in [0.1, 0.15) is 21.5 Å². The molecule has 2 aromatic rings. The van der Waals surface area contributed by atoms with Crippen molar-refractivity contribution in [3.8, 4) is 0 Å². The second kappa shape index (κ2) is 5.16. The van der Waals surface area contributed by atoms with E-state index < -0.39 is 0 Å². The Hall–Kier alpha value is -2.27. The van der Waals surface area contributed by atoms with Gasteiger partial charge in [-0.15, -0.1) is 0 Å². The van der Waals surface area contributed by atoms with Crippen molar-refractivity contribution in [3.05, 3.63) is 53.5 Å². The maximum absolute atomic E-state index is 12.3. The molecule has 1 aliphatic rings. The van der Waals surface area contributed by atoms with Crippen molar-refractivity contribution in [3.63, 3.8) is 0 Å². The molecule has 1 aromatic heterocycles. The summed E-state index contributed by atoms with van der Waals surface area (Å²) in [6, 6.07) is 7.53. The van der Waals surface area contributed by atoms with Crippen LogP contribution in [0.3, 0.4) is 0 Å². The maximum Gasteiger partial charge on any atom is 0.257 e. The summed E-state index contributed by atoms with van der Waals surface area (Å²) >= 11 is 0. The third kappa shape index (κ3) is 2.46. The molecule has 0 aliphatic carbocycles. The fraction of sp³-hybridized carbons (Fsp3) is 0.214. The van der Waals surface area contributed by atoms with Crippen molar-refractivity contribution >= 4 is 11.7 Å². The molecule has 0 radical (unpaired) electrons. The van der Waals surface area contributed by atoms with Crippen molar-refractivity contribution in [1.82, 2.24) is 15.3 Å². The fourth-order valence-electron chi connectivity index (χ4n) is 2.28. The highest BCUT2D eigenvalue weighted by Crippen LogP contribution is 2.19. The number of rotatable bonds is 2. The minimum Gasteiger partial charge on any atom is -0.312 e. The minimum absolute atomic E-state index is 0.126. The lowest BCUT2D eigenvalue weighted by molar-refractivity contribution is 0.102. The molecule has 0 atom stereocenters. The Morgan fingerprint density at radius 3 is 3.11 bits per heavy atom. The van der Waals surface area contributed by atoms with Gasteiger partial charge in [0.2, 0.25) is 0 Å². The van der Waals surface area contributed by atoms with Crippen molar-refractivity contribution in [1.29, 1.82) is 0 Å². The van der Waals surface area contributed by atoms with E-state index in [4.69, 9.17) is 0 Å². The minimum atomic E-state index is -0.126. The van der Waals surface area contributed by atoms with E-state index in [-0.39, 0.29) is 5.91 Å². The lowest BCUT2D eigenvalue weighted by Gasteiger charge is -2.19. The topological polar surface area (TPSA) is 66.9 Å². The van der Waals surface area contributed by atoms with E-state index in [0.29, 0.717) is 11.4 Å². The van der Waals surface area contributed by atoms with Gasteiger partial charge in [-0.1, -0.05) is 12.1 Å². The smallest absolute Gasteiger partial charge is 0.257 e. The number of amides is 1. The van der Waals surface area contributed by atoms with Gasteiger partial charge in [-0.2, -0.15) is 0 Å². The Kier molecular flexibility index (Phi) is 3.20. The molecule has 5 nitrogen and oxygen atoms in total. The molecular formula is C14H14N4O. The summed E-state index contributed by atoms with van der Waals surface area (Å²) in [4.78, 5) is 20.1. The van der Waals surface area contributed by atoms with E-state index in [0.717, 1.165) is 25.1 Å². The molecule has 0 spiro atoms. The largest absolute Gasteiger partial charge is 0.312 e. The molecule has 0 fully saturated rings. The molecule has 1 aliphatic heterocycles. The quantitative estimate of drug-likeness (QED) is 0.849. The van der Waals surface area contributed by atoms with Gasteiger partial charge < -0.3 is 10.6 Å². The lowest BCUT2D eigenvalue weighted by Crippen LogP contribution is -2.27. The molecule has 0 bridgehead atoms. The van der Waals surface area contributed by atoms with Gasteiger partial charge in [-0.05, 0) is 36.2 Å². The number of aromatic nitrogens is 2. The Labute approximate surface area is 111 Å². The molecule has 1 amide bonds. The summed E-state index contributed by atoms with van der Waals surface area (Å²) in [5.74, 6) is 0.389. The van der Waals surface area contributed by atoms with Crippen LogP contribution in [-0.2, 0) is 13.0 Å². The van der Waals surface area contributed by atoms with E-state index in [1.807, 2.05) is 12.1 Å². The number of hydrogen-bond donors (Lipinski definition) is 2. The number of carbonyl (C=O) groups excluding carboxylic acids is 1. The zero-order valence-electron chi connectivity index (χ0n) is 10.4. The molecule has 5 heteroatoms. The average molecular weight is 254 g/mol. The highest BCUT2D eigenvalue weighted by atomic mass is 16.1. The number of hydrogen-bond acceptors (Lipinski definition) is 4. The van der Waals surface area contributed by atoms with E-state index in [1.165, 1.54) is 11.9 Å². The zero-order valence-corrected chi connectivity index (χ0v) is 10.4. The molecule has 1 aromatic carbocycles. The second-order valence-corrected chi connectivity index (χ2v) is 4.42. The summed E-state index contributed by atoms with van der Waals surface area (Å²) in [5, 5.41) is 6.08. The number of carbonyl (C=O) groups is 1. The highest BCUT2D eigenvalue weighted by molar-refractivity contribution is 6.05. The standard InChI is InChI=1S/C14H14N4O/c19-14(18-13-5-7-16-9-17-13)11-3-1-2-10-4-6-15-8-12(10)11/h1-3,5,7,9,15H,4,6,8H2,(H,16,17,18,19). The van der Waals surface area contributed by atoms with Gasteiger partial charge >= 0.3 is 0 Å². The fourth-order valence-corrected chi connectivity index (χ4v) is 2.28. The monoisotopic (exact) mass is 254 g/mol. The zero-order chi connectivity index (χ0) is 13.1. The first kappa shape index (κ1) is 11.8. The molecule has 0 saturated carbocycles. The molecule has 2 N–H and O–H groups in total. The molecule has 96 valence electrons. The third-order valence-electron chi connectivity index (χ3n) is 3.21. The summed E-state index contributed by atoms with van der Waals surface area (Å²) in [6.45, 7) is 1.70. The van der Waals surface area contributed by atoms with E-state index in [9.17, 15) is 4.79 Å². The van der Waals surface area contributed by atoms with E-state index in [2.05, 4.69) is 26.7 Å². The van der Waals surface area contributed by atoms with Crippen LogP contribution < -0.4 is 10.6 Å². The van der Waals surface area contributed by atoms with E-state index >= 15 is 0 Å². The van der Waals surface area contributed by atoms with Crippen LogP contribution in [-0.4, -0.2) is 22.4 Å². The normalized spacial score (nSPS) is 13.7. The van der Waals surface area contributed by atoms with Crippen LogP contribution in [0, 0.1) is 0 Å². The molecule has 19 heavy (non-hydrogen) atoms. The van der Waals surface area contributed by atoms with Gasteiger partial charge in [0, 0.05) is 18.3 Å². The molecule has 2 heterocycles. The Morgan fingerprint density at radius 1 is 1.32 bits per heavy atom. The summed E-state index contributed by atoms with van der Waals surface area (Å²) in [7, 11) is 0. The first-order valence-electron chi connectivity index (χ1n) is 6.23. The number of benzene rings is 1. The van der Waals surface area contributed by atoms with Crippen LogP contribution >= 0.6 is 0 Å². The van der Waals surface area contributed by atoms with Crippen molar-refractivity contribution in [2.75, 3.05) is 11.9 Å². The summed E-state index contributed by atoms with van der Waals surface area (Å²) < 4.78 is 0. The van der Waals surface area contributed by atoms with Gasteiger partial charge in [-0.25, -0.2) is 9.97 Å². The first-order chi connectivity index (χ1) is 9.34. The molecular weight excluding hydrogens is 240 g/mol. The Balaban J connectivity index is 1.88. The van der Waals surface area contributed by atoms with Crippen molar-refractivity contribution < 1.29 is 4.79 Å². The number of nitrogens with zero attached hydrogens (tertiary/aromatic N) is 2. The third-order valence-corrected chi connectivity index (χ3v) is 3.21. The summed E-state index contributed by atoms with van der Waals surface area (Å²) in [6.07, 6.45) is 3.98. The number of fused-ring (bicyclic) bond motifs is 1. The van der Waals surface area contributed by atoms with Gasteiger partial charge in [0.05, 0.1) is 0 Å². The van der Waals surface area contributed by atoms with Crippen molar-refractivity contribution in [2.24, 2.45) is 0 Å². The van der Waals surface area contributed by atoms with Crippen LogP contribution in [0.4, 0.5) is 5.82 Å². The predicted molar refractivity (Wildman–Crippen MR) is 71.8 cm³/mol. The Morgan fingerprint density at radius 2 is 2.26 bits per heavy atom. The predicted octanol–water partition coefficient (Wildman–Crippen LogP) is 1.37. The lowest BCUT2D eigenvalue weighted by atomic mass is 9.95. The average Bonchev–Trinajstić information content (AvgIpc) is 2.47. The SMILES string of the molecule is O=C(Nc1ccncn1)c1cccc2c1CNCC2. The Bertz CT molecular complexity index is 598. The molecule has 0 unspecified atom stereocenters. The van der Waals surface area contributed by atoms with Gasteiger partial charge in [0.25, 0.3) is 5.91 Å². The van der Waals surface area contributed by atoms with Gasteiger partial charge in [0.15, 0.2) is 0 Å². The van der Waals surface area contributed by atoms with Crippen LogP contribution in [0.5, 0.6) is 0 Å².